The fourth-order valence-electron chi connectivity index (χ4n) is 5.45. The Morgan fingerprint density at radius 1 is 0.509 bits per heavy atom. The van der Waals surface area contributed by atoms with Crippen LogP contribution in [-0.4, -0.2) is 93.9 Å². The first-order valence-electron chi connectivity index (χ1n) is 18.4. The number of carbonyl (C=O) groups excluding carboxylic acids is 6. The number of benzene rings is 2. The molecule has 0 heterocycles. The summed E-state index contributed by atoms with van der Waals surface area (Å²) < 4.78 is 0. The molecule has 7 unspecified atom stereocenters. The lowest BCUT2D eigenvalue weighted by molar-refractivity contribution is -0.142. The van der Waals surface area contributed by atoms with Crippen LogP contribution in [0.2, 0.25) is 0 Å². The fourth-order valence-corrected chi connectivity index (χ4v) is 5.45. The minimum absolute atomic E-state index is 0.0337. The van der Waals surface area contributed by atoms with Gasteiger partial charge in [-0.15, -0.1) is 0 Å². The molecule has 0 aliphatic rings. The molecular formula is C39H57N7O9. The van der Waals surface area contributed by atoms with Crippen LogP contribution in [0.15, 0.2) is 54.6 Å². The molecule has 0 aromatic heterocycles. The van der Waals surface area contributed by atoms with Gasteiger partial charge in [0, 0.05) is 6.42 Å². The second-order valence-corrected chi connectivity index (χ2v) is 14.6. The minimum Gasteiger partial charge on any atom is -0.508 e. The molecule has 0 saturated heterocycles. The third-order valence-electron chi connectivity index (χ3n) is 8.56. The molecule has 0 aliphatic carbocycles. The molecule has 2 aromatic rings. The van der Waals surface area contributed by atoms with Crippen molar-refractivity contribution in [2.45, 2.75) is 116 Å². The monoisotopic (exact) mass is 767 g/mol. The van der Waals surface area contributed by atoms with Crippen LogP contribution >= 0.6 is 0 Å². The van der Waals surface area contributed by atoms with E-state index in [1.165, 1.54) is 32.9 Å². The van der Waals surface area contributed by atoms with Crippen LogP contribution in [0.5, 0.6) is 5.75 Å². The van der Waals surface area contributed by atoms with Crippen molar-refractivity contribution in [3.8, 4) is 5.75 Å². The maximum atomic E-state index is 13.9. The quantitative estimate of drug-likeness (QED) is 0.0857. The van der Waals surface area contributed by atoms with Crippen LogP contribution in [0.25, 0.3) is 0 Å². The molecular weight excluding hydrogens is 710 g/mol. The van der Waals surface area contributed by atoms with E-state index < -0.39 is 83.7 Å². The van der Waals surface area contributed by atoms with Gasteiger partial charge in [-0.25, -0.2) is 0 Å². The van der Waals surface area contributed by atoms with Crippen molar-refractivity contribution in [3.63, 3.8) is 0 Å². The number of rotatable bonds is 21. The number of carboxylic acids is 1. The SMILES string of the molecule is CC(C)CC(NC(=O)C(CC(C)C)NC(=O)C(Cc1ccccc1)NC(=O)C(C)NC(=O)C(C)NC(=O)C(N)Cc1ccc(O)cc1)C(=O)NC(C)C(=O)O. The third kappa shape index (κ3) is 16.2. The van der Waals surface area contributed by atoms with Crippen molar-refractivity contribution < 1.29 is 43.8 Å². The van der Waals surface area contributed by atoms with Crippen molar-refractivity contribution in [2.24, 2.45) is 17.6 Å². The molecule has 0 spiro atoms. The summed E-state index contributed by atoms with van der Waals surface area (Å²) in [6.07, 6.45) is 0.576. The molecule has 0 bridgehead atoms. The molecule has 55 heavy (non-hydrogen) atoms. The van der Waals surface area contributed by atoms with Gasteiger partial charge >= 0.3 is 5.97 Å². The Hall–Kier alpha value is -5.51. The lowest BCUT2D eigenvalue weighted by Crippen LogP contribution is -2.59. The number of amides is 6. The molecule has 10 N–H and O–H groups in total. The van der Waals surface area contributed by atoms with E-state index in [1.807, 2.05) is 27.7 Å². The van der Waals surface area contributed by atoms with E-state index >= 15 is 0 Å². The van der Waals surface area contributed by atoms with E-state index in [0.29, 0.717) is 11.1 Å². The number of hydrogen-bond acceptors (Lipinski definition) is 9. The van der Waals surface area contributed by atoms with E-state index in [4.69, 9.17) is 5.73 Å². The average Bonchev–Trinajstić information content (AvgIpc) is 3.11. The minimum atomic E-state index is -1.24. The van der Waals surface area contributed by atoms with Gasteiger partial charge in [0.25, 0.3) is 0 Å². The highest BCUT2D eigenvalue weighted by molar-refractivity contribution is 5.97. The first-order valence-corrected chi connectivity index (χ1v) is 18.4. The normalized spacial score (nSPS) is 14.9. The number of hydrogen-bond donors (Lipinski definition) is 9. The van der Waals surface area contributed by atoms with E-state index in [-0.39, 0.29) is 43.3 Å². The molecule has 0 fully saturated rings. The Bertz CT molecular complexity index is 1620. The average molecular weight is 768 g/mol. The van der Waals surface area contributed by atoms with Gasteiger partial charge in [0.15, 0.2) is 0 Å². The lowest BCUT2D eigenvalue weighted by Gasteiger charge is -2.28. The molecule has 16 nitrogen and oxygen atoms in total. The predicted molar refractivity (Wildman–Crippen MR) is 205 cm³/mol. The van der Waals surface area contributed by atoms with Crippen molar-refractivity contribution in [1.29, 1.82) is 0 Å². The van der Waals surface area contributed by atoms with Crippen LogP contribution in [0, 0.1) is 11.8 Å². The molecule has 6 amide bonds. The highest BCUT2D eigenvalue weighted by atomic mass is 16.4. The highest BCUT2D eigenvalue weighted by Gasteiger charge is 2.32. The van der Waals surface area contributed by atoms with Crippen LogP contribution in [-0.2, 0) is 46.4 Å². The zero-order chi connectivity index (χ0) is 41.4. The van der Waals surface area contributed by atoms with Crippen LogP contribution < -0.4 is 37.6 Å². The summed E-state index contributed by atoms with van der Waals surface area (Å²) >= 11 is 0. The summed E-state index contributed by atoms with van der Waals surface area (Å²) in [5.41, 5.74) is 7.43. The Balaban J connectivity index is 2.17. The summed E-state index contributed by atoms with van der Waals surface area (Å²) in [6, 6.07) is 7.25. The van der Waals surface area contributed by atoms with E-state index in [9.17, 15) is 43.8 Å². The second kappa shape index (κ2) is 22.0. The first kappa shape index (κ1) is 45.6. The highest BCUT2D eigenvalue weighted by Crippen LogP contribution is 2.12. The number of nitrogens with one attached hydrogen (secondary N) is 6. The maximum Gasteiger partial charge on any atom is 0.325 e. The zero-order valence-electron chi connectivity index (χ0n) is 32.6. The molecule has 0 aliphatic heterocycles. The van der Waals surface area contributed by atoms with Crippen molar-refractivity contribution in [3.05, 3.63) is 65.7 Å². The van der Waals surface area contributed by atoms with Gasteiger partial charge in [0.05, 0.1) is 6.04 Å². The lowest BCUT2D eigenvalue weighted by atomic mass is 9.99. The van der Waals surface area contributed by atoms with Crippen LogP contribution in [0.3, 0.4) is 0 Å². The summed E-state index contributed by atoms with van der Waals surface area (Å²) in [5.74, 6) is -5.31. The number of carbonyl (C=O) groups is 7. The van der Waals surface area contributed by atoms with E-state index in [0.717, 1.165) is 0 Å². The van der Waals surface area contributed by atoms with Gasteiger partial charge in [0.1, 0.15) is 42.0 Å². The number of phenolic OH excluding ortho intramolecular Hbond substituents is 1. The Labute approximate surface area is 322 Å². The Morgan fingerprint density at radius 2 is 0.909 bits per heavy atom. The summed E-state index contributed by atoms with van der Waals surface area (Å²) in [6.45, 7) is 11.5. The predicted octanol–water partition coefficient (Wildman–Crippen LogP) is 0.650. The zero-order valence-corrected chi connectivity index (χ0v) is 32.6. The maximum absolute atomic E-state index is 13.9. The topological polar surface area (TPSA) is 258 Å². The Morgan fingerprint density at radius 3 is 1.40 bits per heavy atom. The van der Waals surface area contributed by atoms with Crippen molar-refractivity contribution in [1.82, 2.24) is 31.9 Å². The van der Waals surface area contributed by atoms with Gasteiger partial charge in [-0.1, -0.05) is 70.2 Å². The molecule has 0 radical (unpaired) electrons. The molecule has 2 aromatic carbocycles. The standard InChI is InChI=1S/C39H57N7O9/c1-21(2)17-30(36(51)43-25(7)39(54)55)45-37(52)31(18-22(3)4)46-38(53)32(20-26-11-9-8-10-12-26)44-34(49)24(6)41-33(48)23(5)42-35(50)29(40)19-27-13-15-28(47)16-14-27/h8-16,21-25,29-32,47H,17-20,40H2,1-7H3,(H,41,48)(H,42,50)(H,43,51)(H,44,49)(H,45,52)(H,46,53)(H,54,55). The largest absolute Gasteiger partial charge is 0.508 e. The number of aliphatic carboxylic acids is 1. The number of aromatic hydroxyl groups is 1. The summed E-state index contributed by atoms with van der Waals surface area (Å²) in [4.78, 5) is 90.9. The first-order chi connectivity index (χ1) is 25.8. The molecule has 2 rings (SSSR count). The van der Waals surface area contributed by atoms with Crippen molar-refractivity contribution in [2.75, 3.05) is 0 Å². The van der Waals surface area contributed by atoms with E-state index in [1.54, 1.807) is 42.5 Å². The molecule has 0 saturated carbocycles. The van der Waals surface area contributed by atoms with Crippen molar-refractivity contribution >= 4 is 41.4 Å². The fraction of sp³-hybridized carbons (Fsp3) is 0.513. The number of carboxylic acid groups (broad SMARTS) is 1. The molecule has 302 valence electrons. The molecule has 16 heteroatoms. The van der Waals surface area contributed by atoms with Crippen LogP contribution in [0.4, 0.5) is 0 Å². The van der Waals surface area contributed by atoms with Crippen LogP contribution in [0.1, 0.15) is 72.4 Å². The summed E-state index contributed by atoms with van der Waals surface area (Å²) in [5, 5.41) is 34.3. The van der Waals surface area contributed by atoms with Gasteiger partial charge in [0.2, 0.25) is 35.4 Å². The Kier molecular flexibility index (Phi) is 18.3. The van der Waals surface area contributed by atoms with Gasteiger partial charge < -0.3 is 47.8 Å². The molecule has 7 atom stereocenters. The smallest absolute Gasteiger partial charge is 0.325 e. The number of phenols is 1. The van der Waals surface area contributed by atoms with Gasteiger partial charge in [-0.05, 0) is 75.1 Å². The number of nitrogens with two attached hydrogens (primary N) is 1. The third-order valence-corrected chi connectivity index (χ3v) is 8.56. The van der Waals surface area contributed by atoms with Gasteiger partial charge in [-0.3, -0.25) is 33.6 Å². The summed E-state index contributed by atoms with van der Waals surface area (Å²) in [7, 11) is 0. The van der Waals surface area contributed by atoms with E-state index in [2.05, 4.69) is 31.9 Å². The second-order valence-electron chi connectivity index (χ2n) is 14.6. The van der Waals surface area contributed by atoms with Gasteiger partial charge in [-0.2, -0.15) is 0 Å².